The van der Waals surface area contributed by atoms with E-state index in [0.717, 1.165) is 5.56 Å². The number of nitrogens with two attached hydrogens (primary N) is 2. The SMILES string of the molecule is C=C(N)c1cccc(C(N)=O)c1. The van der Waals surface area contributed by atoms with Gasteiger partial charge in [-0.3, -0.25) is 4.79 Å². The van der Waals surface area contributed by atoms with Gasteiger partial charge in [-0.05, 0) is 17.7 Å². The fourth-order valence-corrected chi connectivity index (χ4v) is 0.872. The summed E-state index contributed by atoms with van der Waals surface area (Å²) in [4.78, 5) is 10.7. The van der Waals surface area contributed by atoms with Gasteiger partial charge >= 0.3 is 0 Å². The van der Waals surface area contributed by atoms with Crippen molar-refractivity contribution < 1.29 is 4.79 Å². The highest BCUT2D eigenvalue weighted by Gasteiger charge is 2.00. The lowest BCUT2D eigenvalue weighted by Gasteiger charge is -2.00. The smallest absolute Gasteiger partial charge is 0.248 e. The number of carbonyl (C=O) groups is 1. The summed E-state index contributed by atoms with van der Waals surface area (Å²) in [7, 11) is 0. The second-order valence-corrected chi connectivity index (χ2v) is 2.47. The molecule has 0 atom stereocenters. The molecule has 1 aromatic rings. The highest BCUT2D eigenvalue weighted by Crippen LogP contribution is 2.08. The van der Waals surface area contributed by atoms with Gasteiger partial charge in [-0.1, -0.05) is 18.7 Å². The fourth-order valence-electron chi connectivity index (χ4n) is 0.872. The highest BCUT2D eigenvalue weighted by molar-refractivity contribution is 5.93. The molecule has 0 aliphatic carbocycles. The normalized spacial score (nSPS) is 9.33. The maximum atomic E-state index is 10.7. The number of rotatable bonds is 2. The van der Waals surface area contributed by atoms with Crippen LogP contribution in [-0.4, -0.2) is 5.91 Å². The molecule has 0 spiro atoms. The Kier molecular flexibility index (Phi) is 2.14. The summed E-state index contributed by atoms with van der Waals surface area (Å²) in [5, 5.41) is 0. The average molecular weight is 162 g/mol. The highest BCUT2D eigenvalue weighted by atomic mass is 16.1. The second-order valence-electron chi connectivity index (χ2n) is 2.47. The minimum Gasteiger partial charge on any atom is -0.399 e. The van der Waals surface area contributed by atoms with E-state index in [9.17, 15) is 4.79 Å². The van der Waals surface area contributed by atoms with Gasteiger partial charge in [0.05, 0.1) is 0 Å². The van der Waals surface area contributed by atoms with E-state index in [1.807, 2.05) is 0 Å². The lowest BCUT2D eigenvalue weighted by Crippen LogP contribution is -2.11. The first-order chi connectivity index (χ1) is 5.61. The Morgan fingerprint density at radius 3 is 2.33 bits per heavy atom. The van der Waals surface area contributed by atoms with E-state index in [-0.39, 0.29) is 0 Å². The minimum atomic E-state index is -0.460. The van der Waals surface area contributed by atoms with Crippen LogP contribution >= 0.6 is 0 Å². The molecule has 62 valence electrons. The van der Waals surface area contributed by atoms with Crippen molar-refractivity contribution in [2.24, 2.45) is 11.5 Å². The zero-order chi connectivity index (χ0) is 9.14. The molecular formula is C9H10N2O. The van der Waals surface area contributed by atoms with E-state index in [1.165, 1.54) is 0 Å². The largest absolute Gasteiger partial charge is 0.399 e. The quantitative estimate of drug-likeness (QED) is 0.672. The Morgan fingerprint density at radius 2 is 1.83 bits per heavy atom. The first-order valence-electron chi connectivity index (χ1n) is 3.46. The summed E-state index contributed by atoms with van der Waals surface area (Å²) in [5.41, 5.74) is 12.1. The van der Waals surface area contributed by atoms with Crippen LogP contribution in [0.1, 0.15) is 15.9 Å². The third kappa shape index (κ3) is 1.63. The predicted octanol–water partition coefficient (Wildman–Crippen LogP) is 0.715. The standard InChI is InChI=1S/C9H10N2O/c1-6(10)7-3-2-4-8(5-7)9(11)12/h2-5H,1,10H2,(H2,11,12). The lowest BCUT2D eigenvalue weighted by molar-refractivity contribution is 0.100. The number of amides is 1. The Hall–Kier alpha value is -1.77. The third-order valence-corrected chi connectivity index (χ3v) is 1.52. The molecule has 0 radical (unpaired) electrons. The number of carbonyl (C=O) groups excluding carboxylic acids is 1. The van der Waals surface area contributed by atoms with Crippen molar-refractivity contribution in [3.63, 3.8) is 0 Å². The van der Waals surface area contributed by atoms with Gasteiger partial charge in [-0.2, -0.15) is 0 Å². The molecule has 0 bridgehead atoms. The van der Waals surface area contributed by atoms with Gasteiger partial charge in [0.2, 0.25) is 5.91 Å². The Morgan fingerprint density at radius 1 is 1.25 bits per heavy atom. The van der Waals surface area contributed by atoms with Crippen LogP contribution in [0.25, 0.3) is 5.70 Å². The van der Waals surface area contributed by atoms with E-state index >= 15 is 0 Å². The van der Waals surface area contributed by atoms with Gasteiger partial charge in [0.15, 0.2) is 0 Å². The fraction of sp³-hybridized carbons (Fsp3) is 0. The zero-order valence-corrected chi connectivity index (χ0v) is 6.58. The van der Waals surface area contributed by atoms with Crippen molar-refractivity contribution >= 4 is 11.6 Å². The lowest BCUT2D eigenvalue weighted by atomic mass is 10.1. The molecule has 1 amide bonds. The first-order valence-corrected chi connectivity index (χ1v) is 3.46. The Bertz CT molecular complexity index is 302. The summed E-state index contributed by atoms with van der Waals surface area (Å²) in [6.45, 7) is 3.55. The summed E-state index contributed by atoms with van der Waals surface area (Å²) in [6.07, 6.45) is 0. The molecule has 0 saturated heterocycles. The van der Waals surface area contributed by atoms with Gasteiger partial charge in [-0.25, -0.2) is 0 Å². The molecule has 3 heteroatoms. The molecule has 1 rings (SSSR count). The number of primary amides is 1. The molecule has 12 heavy (non-hydrogen) atoms. The van der Waals surface area contributed by atoms with E-state index in [0.29, 0.717) is 11.3 Å². The van der Waals surface area contributed by atoms with Crippen molar-refractivity contribution in [2.75, 3.05) is 0 Å². The maximum absolute atomic E-state index is 10.7. The maximum Gasteiger partial charge on any atom is 0.248 e. The zero-order valence-electron chi connectivity index (χ0n) is 6.58. The molecule has 1 aromatic carbocycles. The summed E-state index contributed by atoms with van der Waals surface area (Å²) in [6, 6.07) is 6.74. The Balaban J connectivity index is 3.12. The Labute approximate surface area is 70.7 Å². The van der Waals surface area contributed by atoms with Crippen LogP contribution in [0.15, 0.2) is 30.8 Å². The van der Waals surface area contributed by atoms with Gasteiger partial charge < -0.3 is 11.5 Å². The van der Waals surface area contributed by atoms with Crippen LogP contribution in [0.4, 0.5) is 0 Å². The van der Waals surface area contributed by atoms with Crippen molar-refractivity contribution in [3.05, 3.63) is 42.0 Å². The van der Waals surface area contributed by atoms with E-state index in [2.05, 4.69) is 6.58 Å². The van der Waals surface area contributed by atoms with E-state index < -0.39 is 5.91 Å². The van der Waals surface area contributed by atoms with Gasteiger partial charge in [0, 0.05) is 11.3 Å². The van der Waals surface area contributed by atoms with Crippen LogP contribution in [0, 0.1) is 0 Å². The number of hydrogen-bond acceptors (Lipinski definition) is 2. The number of benzene rings is 1. The van der Waals surface area contributed by atoms with Gasteiger partial charge in [0.25, 0.3) is 0 Å². The summed E-state index contributed by atoms with van der Waals surface area (Å²) >= 11 is 0. The first kappa shape index (κ1) is 8.33. The van der Waals surface area contributed by atoms with Crippen LogP contribution in [0.3, 0.4) is 0 Å². The summed E-state index contributed by atoms with van der Waals surface area (Å²) < 4.78 is 0. The molecule has 0 fully saturated rings. The van der Waals surface area contributed by atoms with Crippen LogP contribution < -0.4 is 11.5 Å². The van der Waals surface area contributed by atoms with Crippen molar-refractivity contribution in [1.82, 2.24) is 0 Å². The van der Waals surface area contributed by atoms with Crippen LogP contribution in [-0.2, 0) is 0 Å². The molecule has 0 aromatic heterocycles. The van der Waals surface area contributed by atoms with Crippen LogP contribution in [0.2, 0.25) is 0 Å². The summed E-state index contributed by atoms with van der Waals surface area (Å²) in [5.74, 6) is -0.460. The van der Waals surface area contributed by atoms with Gasteiger partial charge in [-0.15, -0.1) is 0 Å². The van der Waals surface area contributed by atoms with Crippen molar-refractivity contribution in [3.8, 4) is 0 Å². The predicted molar refractivity (Wildman–Crippen MR) is 48.2 cm³/mol. The molecule has 4 N–H and O–H groups in total. The van der Waals surface area contributed by atoms with E-state index in [1.54, 1.807) is 24.3 Å². The molecular weight excluding hydrogens is 152 g/mol. The molecule has 0 saturated carbocycles. The molecule has 0 heterocycles. The van der Waals surface area contributed by atoms with Crippen molar-refractivity contribution in [2.45, 2.75) is 0 Å². The van der Waals surface area contributed by atoms with Crippen LogP contribution in [0.5, 0.6) is 0 Å². The average Bonchev–Trinajstić information content (AvgIpc) is 2.04. The monoisotopic (exact) mass is 162 g/mol. The topological polar surface area (TPSA) is 69.1 Å². The van der Waals surface area contributed by atoms with E-state index in [4.69, 9.17) is 11.5 Å². The molecule has 0 aliphatic rings. The second kappa shape index (κ2) is 3.09. The van der Waals surface area contributed by atoms with Crippen molar-refractivity contribution in [1.29, 1.82) is 0 Å². The molecule has 3 nitrogen and oxygen atoms in total. The molecule has 0 unspecified atom stereocenters. The number of hydrogen-bond donors (Lipinski definition) is 2. The molecule has 0 aliphatic heterocycles. The minimum absolute atomic E-state index is 0.429. The van der Waals surface area contributed by atoms with Gasteiger partial charge in [0.1, 0.15) is 0 Å². The third-order valence-electron chi connectivity index (χ3n) is 1.52.